The first-order chi connectivity index (χ1) is 18.7. The topological polar surface area (TPSA) is 160 Å². The lowest BCUT2D eigenvalue weighted by Gasteiger charge is -2.37. The Bertz CT molecular complexity index is 973. The normalized spacial score (nSPS) is 20.4. The molecule has 2 aliphatic rings. The molecule has 1 heterocycles. The number of hydrogen-bond acceptors (Lipinski definition) is 6. The number of nitrogens with two attached hydrogens (primary N) is 1. The zero-order valence-corrected chi connectivity index (χ0v) is 26.5. The fourth-order valence-corrected chi connectivity index (χ4v) is 5.02. The van der Waals surface area contributed by atoms with Gasteiger partial charge in [-0.15, -0.1) is 0 Å². The van der Waals surface area contributed by atoms with Crippen molar-refractivity contribution in [3.05, 3.63) is 0 Å². The van der Waals surface area contributed by atoms with Gasteiger partial charge >= 0.3 is 6.03 Å². The number of rotatable bonds is 11. The standard InChI is InChI=1S/C30H53N5O6/c1-28(2,3)21(17-41-30(7,8)9)33-27(40)34-23(29(4,5)6)26(39)35-15-11-14-20(35)25(38)32-19(22(36)24(31)37)16-18-12-10-13-18/h18-21,23H,10-17H2,1-9H3,(H2,31,37)(H,32,38)(H2,33,34,40)/t19?,20-,21+,23?/m0/s1. The number of amides is 5. The molecule has 1 aliphatic carbocycles. The number of urea groups is 1. The van der Waals surface area contributed by atoms with Crippen molar-refractivity contribution in [2.24, 2.45) is 22.5 Å². The van der Waals surface area contributed by atoms with Crippen molar-refractivity contribution in [3.63, 3.8) is 0 Å². The highest BCUT2D eigenvalue weighted by atomic mass is 16.5. The van der Waals surface area contributed by atoms with Gasteiger partial charge in [0.25, 0.3) is 5.91 Å². The van der Waals surface area contributed by atoms with Gasteiger partial charge in [0.15, 0.2) is 0 Å². The first-order valence-electron chi connectivity index (χ1n) is 14.9. The van der Waals surface area contributed by atoms with Crippen LogP contribution in [0.5, 0.6) is 0 Å². The van der Waals surface area contributed by atoms with E-state index in [0.29, 0.717) is 32.4 Å². The Morgan fingerprint density at radius 2 is 1.46 bits per heavy atom. The minimum absolute atomic E-state index is 0.253. The molecule has 2 unspecified atom stereocenters. The largest absolute Gasteiger partial charge is 0.374 e. The zero-order valence-electron chi connectivity index (χ0n) is 26.5. The predicted octanol–water partition coefficient (Wildman–Crippen LogP) is 2.65. The molecular weight excluding hydrogens is 526 g/mol. The number of carbonyl (C=O) groups excluding carboxylic acids is 5. The molecule has 4 atom stereocenters. The fraction of sp³-hybridized carbons (Fsp3) is 0.833. The van der Waals surface area contributed by atoms with Gasteiger partial charge in [-0.3, -0.25) is 19.2 Å². The molecule has 1 aliphatic heterocycles. The first-order valence-corrected chi connectivity index (χ1v) is 14.9. The average Bonchev–Trinajstić information content (AvgIpc) is 3.28. The highest BCUT2D eigenvalue weighted by molar-refractivity contribution is 6.37. The Kier molecular flexibility index (Phi) is 11.4. The van der Waals surface area contributed by atoms with E-state index in [4.69, 9.17) is 10.5 Å². The molecular formula is C30H53N5O6. The van der Waals surface area contributed by atoms with E-state index in [1.54, 1.807) is 0 Å². The second-order valence-electron chi connectivity index (χ2n) is 14.8. The van der Waals surface area contributed by atoms with Crippen molar-refractivity contribution < 1.29 is 28.7 Å². The molecule has 11 heteroatoms. The summed E-state index contributed by atoms with van der Waals surface area (Å²) >= 11 is 0. The summed E-state index contributed by atoms with van der Waals surface area (Å²) in [6, 6.07) is -3.56. The molecule has 0 radical (unpaired) electrons. The molecule has 234 valence electrons. The molecule has 0 aromatic carbocycles. The number of carbonyl (C=O) groups is 5. The van der Waals surface area contributed by atoms with Crippen LogP contribution in [0.4, 0.5) is 4.79 Å². The van der Waals surface area contributed by atoms with Crippen molar-refractivity contribution in [2.75, 3.05) is 13.2 Å². The van der Waals surface area contributed by atoms with Crippen molar-refractivity contribution in [1.82, 2.24) is 20.9 Å². The summed E-state index contributed by atoms with van der Waals surface area (Å²) in [7, 11) is 0. The van der Waals surface area contributed by atoms with Crippen LogP contribution in [0, 0.1) is 16.7 Å². The van der Waals surface area contributed by atoms with E-state index in [2.05, 4.69) is 16.0 Å². The number of nitrogens with zero attached hydrogens (tertiary/aromatic N) is 1. The van der Waals surface area contributed by atoms with Crippen LogP contribution in [0.15, 0.2) is 0 Å². The third kappa shape index (κ3) is 10.3. The Labute approximate surface area is 245 Å². The van der Waals surface area contributed by atoms with Crippen molar-refractivity contribution >= 4 is 29.5 Å². The Hall–Kier alpha value is -2.69. The Balaban J connectivity index is 2.16. The monoisotopic (exact) mass is 579 g/mol. The Morgan fingerprint density at radius 1 is 0.854 bits per heavy atom. The minimum atomic E-state index is -1.08. The van der Waals surface area contributed by atoms with Crippen molar-refractivity contribution in [1.29, 1.82) is 0 Å². The molecule has 11 nitrogen and oxygen atoms in total. The van der Waals surface area contributed by atoms with Gasteiger partial charge in [0.2, 0.25) is 17.6 Å². The first kappa shape index (κ1) is 34.5. The quantitative estimate of drug-likeness (QED) is 0.275. The third-order valence-corrected chi connectivity index (χ3v) is 7.93. The van der Waals surface area contributed by atoms with E-state index in [-0.39, 0.29) is 28.9 Å². The van der Waals surface area contributed by atoms with E-state index in [1.807, 2.05) is 62.3 Å². The Morgan fingerprint density at radius 3 is 1.93 bits per heavy atom. The lowest BCUT2D eigenvalue weighted by Crippen LogP contribution is -2.61. The highest BCUT2D eigenvalue weighted by Gasteiger charge is 2.43. The van der Waals surface area contributed by atoms with Crippen LogP contribution >= 0.6 is 0 Å². The minimum Gasteiger partial charge on any atom is -0.374 e. The predicted molar refractivity (Wildman–Crippen MR) is 157 cm³/mol. The maximum absolute atomic E-state index is 13.9. The smallest absolute Gasteiger partial charge is 0.315 e. The number of likely N-dealkylation sites (tertiary alicyclic amines) is 1. The lowest BCUT2D eigenvalue weighted by atomic mass is 9.80. The average molecular weight is 580 g/mol. The molecule has 2 rings (SSSR count). The van der Waals surface area contributed by atoms with Gasteiger partial charge in [-0.05, 0) is 56.8 Å². The van der Waals surface area contributed by atoms with Crippen LogP contribution in [0.3, 0.4) is 0 Å². The number of hydrogen-bond donors (Lipinski definition) is 4. The summed E-state index contributed by atoms with van der Waals surface area (Å²) in [4.78, 5) is 66.1. The summed E-state index contributed by atoms with van der Waals surface area (Å²) in [5, 5.41) is 8.56. The van der Waals surface area contributed by atoms with Gasteiger partial charge in [-0.2, -0.15) is 0 Å². The van der Waals surface area contributed by atoms with Crippen molar-refractivity contribution in [2.45, 2.75) is 131 Å². The number of nitrogens with one attached hydrogen (secondary N) is 3. The van der Waals surface area contributed by atoms with Gasteiger partial charge in [-0.1, -0.05) is 60.8 Å². The molecule has 1 saturated heterocycles. The number of primary amides is 1. The lowest BCUT2D eigenvalue weighted by molar-refractivity contribution is -0.143. The van der Waals surface area contributed by atoms with Gasteiger partial charge in [0.05, 0.1) is 24.3 Å². The molecule has 0 spiro atoms. The number of ether oxygens (including phenoxy) is 1. The fourth-order valence-electron chi connectivity index (χ4n) is 5.02. The highest BCUT2D eigenvalue weighted by Crippen LogP contribution is 2.31. The third-order valence-electron chi connectivity index (χ3n) is 7.93. The SMILES string of the molecule is CC(C)(C)OC[C@@H](NC(=O)NC(C(=O)N1CCC[C@H]1C(=O)NC(CC1CCC1)C(=O)C(N)=O)C(C)(C)C)C(C)(C)C. The molecule has 0 aromatic heterocycles. The van der Waals surface area contributed by atoms with Crippen LogP contribution in [0.25, 0.3) is 0 Å². The summed E-state index contributed by atoms with van der Waals surface area (Å²) in [6.07, 6.45) is 4.29. The maximum Gasteiger partial charge on any atom is 0.315 e. The molecule has 5 N–H and O–H groups in total. The zero-order chi connectivity index (χ0) is 31.3. The van der Waals surface area contributed by atoms with E-state index in [9.17, 15) is 24.0 Å². The van der Waals surface area contributed by atoms with Gasteiger partial charge < -0.3 is 31.3 Å². The molecule has 0 bridgehead atoms. The van der Waals surface area contributed by atoms with E-state index in [1.165, 1.54) is 4.90 Å². The van der Waals surface area contributed by atoms with E-state index < -0.39 is 47.2 Å². The number of Topliss-reactive ketones (excluding diaryl/α,β-unsaturated/α-hetero) is 1. The van der Waals surface area contributed by atoms with Crippen LogP contribution in [0.2, 0.25) is 0 Å². The molecule has 41 heavy (non-hydrogen) atoms. The summed E-state index contributed by atoms with van der Waals surface area (Å²) < 4.78 is 5.94. The molecule has 5 amide bonds. The maximum atomic E-state index is 13.9. The molecule has 1 saturated carbocycles. The van der Waals surface area contributed by atoms with E-state index >= 15 is 0 Å². The molecule has 2 fully saturated rings. The second-order valence-corrected chi connectivity index (χ2v) is 14.8. The summed E-state index contributed by atoms with van der Waals surface area (Å²) in [6.45, 7) is 18.1. The van der Waals surface area contributed by atoms with Crippen LogP contribution in [0.1, 0.15) is 101 Å². The van der Waals surface area contributed by atoms with Crippen LogP contribution in [-0.2, 0) is 23.9 Å². The summed E-state index contributed by atoms with van der Waals surface area (Å²) in [5.74, 6) is -2.52. The number of ketones is 1. The van der Waals surface area contributed by atoms with Crippen molar-refractivity contribution in [3.8, 4) is 0 Å². The van der Waals surface area contributed by atoms with Crippen LogP contribution < -0.4 is 21.7 Å². The van der Waals surface area contributed by atoms with Gasteiger partial charge in [-0.25, -0.2) is 4.79 Å². The van der Waals surface area contributed by atoms with Crippen LogP contribution in [-0.4, -0.2) is 77.4 Å². The second kappa shape index (κ2) is 13.5. The molecule has 0 aromatic rings. The summed E-state index contributed by atoms with van der Waals surface area (Å²) in [5.41, 5.74) is 3.91. The van der Waals surface area contributed by atoms with Gasteiger partial charge in [0, 0.05) is 6.54 Å². The van der Waals surface area contributed by atoms with E-state index in [0.717, 1.165) is 19.3 Å². The van der Waals surface area contributed by atoms with Gasteiger partial charge in [0.1, 0.15) is 12.1 Å².